The number of fused-ring (bicyclic) bond motifs is 1. The summed E-state index contributed by atoms with van der Waals surface area (Å²) >= 11 is 0. The molecular weight excluding hydrogens is 408 g/mol. The lowest BCUT2D eigenvalue weighted by Gasteiger charge is -2.26. The van der Waals surface area contributed by atoms with Crippen molar-refractivity contribution >= 4 is 28.1 Å². The second-order valence-corrected chi connectivity index (χ2v) is 9.47. The summed E-state index contributed by atoms with van der Waals surface area (Å²) in [4.78, 5) is 17.7. The molecule has 2 aliphatic carbocycles. The number of Topliss-reactive ketones (excluding diaryl/α,β-unsaturated/α-hetero) is 1. The number of nitrogens with zero attached hydrogens (tertiary/aromatic N) is 1. The van der Waals surface area contributed by atoms with Crippen molar-refractivity contribution in [1.29, 1.82) is 0 Å². The molecule has 2 saturated carbocycles. The van der Waals surface area contributed by atoms with Gasteiger partial charge in [0.1, 0.15) is 0 Å². The van der Waals surface area contributed by atoms with Crippen LogP contribution in [0, 0.1) is 12.8 Å². The highest BCUT2D eigenvalue weighted by Crippen LogP contribution is 2.38. The van der Waals surface area contributed by atoms with Crippen LogP contribution in [0.15, 0.2) is 42.6 Å². The number of pyridine rings is 1. The fraction of sp³-hybridized carbons (Fsp3) is 0.429. The van der Waals surface area contributed by atoms with Crippen molar-refractivity contribution in [2.24, 2.45) is 5.92 Å². The van der Waals surface area contributed by atoms with E-state index in [9.17, 15) is 4.79 Å². The SMILES string of the molecule is CNC.Cc1cc(-c2ccc3ncc(C(=O)C4CC4)c(NC4CCCCC4)c3c2)ccc1N. The molecule has 2 aromatic carbocycles. The third-order valence-electron chi connectivity index (χ3n) is 6.64. The number of nitrogens with two attached hydrogens (primary N) is 1. The van der Waals surface area contributed by atoms with Crippen LogP contribution in [0.3, 0.4) is 0 Å². The second-order valence-electron chi connectivity index (χ2n) is 9.47. The van der Waals surface area contributed by atoms with Gasteiger partial charge in [0.25, 0.3) is 0 Å². The Kier molecular flexibility index (Phi) is 7.29. The first kappa shape index (κ1) is 23.2. The van der Waals surface area contributed by atoms with Crippen molar-refractivity contribution in [1.82, 2.24) is 10.3 Å². The van der Waals surface area contributed by atoms with Gasteiger partial charge in [0.2, 0.25) is 0 Å². The van der Waals surface area contributed by atoms with Gasteiger partial charge in [0.05, 0.1) is 16.8 Å². The van der Waals surface area contributed by atoms with Gasteiger partial charge in [-0.3, -0.25) is 9.78 Å². The molecule has 33 heavy (non-hydrogen) atoms. The zero-order valence-electron chi connectivity index (χ0n) is 20.1. The number of hydrogen-bond acceptors (Lipinski definition) is 5. The van der Waals surface area contributed by atoms with Crippen LogP contribution in [-0.4, -0.2) is 30.9 Å². The maximum Gasteiger partial charge on any atom is 0.169 e. The summed E-state index contributed by atoms with van der Waals surface area (Å²) in [5.74, 6) is 0.426. The van der Waals surface area contributed by atoms with E-state index in [0.29, 0.717) is 6.04 Å². The molecule has 3 aromatic rings. The molecule has 0 radical (unpaired) electrons. The number of benzene rings is 2. The number of anilines is 2. The van der Waals surface area contributed by atoms with Gasteiger partial charge < -0.3 is 16.4 Å². The molecule has 5 rings (SSSR count). The van der Waals surface area contributed by atoms with Crippen molar-refractivity contribution in [2.75, 3.05) is 25.1 Å². The van der Waals surface area contributed by atoms with Crippen molar-refractivity contribution in [3.63, 3.8) is 0 Å². The molecule has 0 saturated heterocycles. The van der Waals surface area contributed by atoms with Crippen molar-refractivity contribution in [2.45, 2.75) is 57.9 Å². The minimum absolute atomic E-state index is 0.180. The summed E-state index contributed by atoms with van der Waals surface area (Å²) in [7, 11) is 3.75. The van der Waals surface area contributed by atoms with E-state index in [0.717, 1.165) is 70.2 Å². The lowest BCUT2D eigenvalue weighted by Crippen LogP contribution is -2.24. The first-order chi connectivity index (χ1) is 16.0. The molecule has 174 valence electrons. The van der Waals surface area contributed by atoms with Crippen LogP contribution in [0.25, 0.3) is 22.0 Å². The molecule has 0 atom stereocenters. The van der Waals surface area contributed by atoms with Crippen LogP contribution in [0.5, 0.6) is 0 Å². The van der Waals surface area contributed by atoms with E-state index in [2.05, 4.69) is 45.9 Å². The summed E-state index contributed by atoms with van der Waals surface area (Å²) in [5, 5.41) is 7.57. The zero-order chi connectivity index (χ0) is 23.4. The molecular formula is C28H36N4O. The maximum atomic E-state index is 13.1. The number of ketones is 1. The van der Waals surface area contributed by atoms with E-state index in [4.69, 9.17) is 5.73 Å². The quantitative estimate of drug-likeness (QED) is 0.334. The molecule has 0 spiro atoms. The van der Waals surface area contributed by atoms with Crippen molar-refractivity contribution in [3.8, 4) is 11.1 Å². The molecule has 0 amide bonds. The topological polar surface area (TPSA) is 80.0 Å². The van der Waals surface area contributed by atoms with Crippen LogP contribution in [0.1, 0.15) is 60.9 Å². The van der Waals surface area contributed by atoms with Gasteiger partial charge in [0, 0.05) is 29.2 Å². The van der Waals surface area contributed by atoms with Gasteiger partial charge in [-0.1, -0.05) is 31.4 Å². The predicted molar refractivity (Wildman–Crippen MR) is 139 cm³/mol. The summed E-state index contributed by atoms with van der Waals surface area (Å²) in [6, 6.07) is 12.9. The number of nitrogens with one attached hydrogen (secondary N) is 2. The number of aryl methyl sites for hydroxylation is 1. The molecule has 1 aromatic heterocycles. The molecule has 0 unspecified atom stereocenters. The van der Waals surface area contributed by atoms with Gasteiger partial charge in [-0.15, -0.1) is 0 Å². The molecule has 4 N–H and O–H groups in total. The van der Waals surface area contributed by atoms with Gasteiger partial charge in [0.15, 0.2) is 5.78 Å². The van der Waals surface area contributed by atoms with Gasteiger partial charge in [-0.05, 0) is 87.7 Å². The van der Waals surface area contributed by atoms with E-state index in [1.165, 1.54) is 19.3 Å². The highest BCUT2D eigenvalue weighted by atomic mass is 16.1. The average molecular weight is 445 g/mol. The summed E-state index contributed by atoms with van der Waals surface area (Å²) in [6.45, 7) is 2.03. The lowest BCUT2D eigenvalue weighted by atomic mass is 9.93. The second kappa shape index (κ2) is 10.3. The fourth-order valence-electron chi connectivity index (χ4n) is 4.59. The molecule has 5 nitrogen and oxygen atoms in total. The third kappa shape index (κ3) is 5.36. The number of carbonyl (C=O) groups is 1. The van der Waals surface area contributed by atoms with E-state index in [1.807, 2.05) is 27.1 Å². The molecule has 0 bridgehead atoms. The highest BCUT2D eigenvalue weighted by molar-refractivity contribution is 6.10. The van der Waals surface area contributed by atoms with E-state index >= 15 is 0 Å². The van der Waals surface area contributed by atoms with E-state index in [-0.39, 0.29) is 11.7 Å². The smallest absolute Gasteiger partial charge is 0.169 e. The first-order valence-corrected chi connectivity index (χ1v) is 12.2. The Bertz CT molecular complexity index is 1130. The third-order valence-corrected chi connectivity index (χ3v) is 6.64. The molecule has 1 heterocycles. The van der Waals surface area contributed by atoms with Crippen molar-refractivity contribution < 1.29 is 4.79 Å². The molecule has 0 aliphatic heterocycles. The minimum atomic E-state index is 0.180. The number of hydrogen-bond donors (Lipinski definition) is 3. The highest BCUT2D eigenvalue weighted by Gasteiger charge is 2.33. The van der Waals surface area contributed by atoms with Crippen LogP contribution < -0.4 is 16.4 Å². The van der Waals surface area contributed by atoms with Gasteiger partial charge in [-0.2, -0.15) is 0 Å². The summed E-state index contributed by atoms with van der Waals surface area (Å²) in [5.41, 5.74) is 12.8. The van der Waals surface area contributed by atoms with Crippen LogP contribution in [0.2, 0.25) is 0 Å². The Morgan fingerprint density at radius 3 is 2.30 bits per heavy atom. The lowest BCUT2D eigenvalue weighted by molar-refractivity contribution is 0.0968. The van der Waals surface area contributed by atoms with E-state index in [1.54, 1.807) is 6.20 Å². The number of rotatable bonds is 5. The number of carbonyl (C=O) groups excluding carboxylic acids is 1. The fourth-order valence-corrected chi connectivity index (χ4v) is 4.59. The normalized spacial score (nSPS) is 16.2. The Hall–Kier alpha value is -2.92. The Morgan fingerprint density at radius 2 is 1.64 bits per heavy atom. The maximum absolute atomic E-state index is 13.1. The van der Waals surface area contributed by atoms with E-state index < -0.39 is 0 Å². The van der Waals surface area contributed by atoms with Gasteiger partial charge in [-0.25, -0.2) is 0 Å². The van der Waals surface area contributed by atoms with Crippen LogP contribution >= 0.6 is 0 Å². The Balaban J connectivity index is 0.000000821. The van der Waals surface area contributed by atoms with Crippen LogP contribution in [0.4, 0.5) is 11.4 Å². The van der Waals surface area contributed by atoms with Crippen molar-refractivity contribution in [3.05, 3.63) is 53.7 Å². The first-order valence-electron chi connectivity index (χ1n) is 12.2. The molecule has 5 heteroatoms. The average Bonchev–Trinajstić information content (AvgIpc) is 3.67. The minimum Gasteiger partial charge on any atom is -0.399 e. The predicted octanol–water partition coefficient (Wildman–Crippen LogP) is 5.97. The number of aromatic nitrogens is 1. The van der Waals surface area contributed by atoms with Crippen LogP contribution in [-0.2, 0) is 0 Å². The molecule has 2 fully saturated rings. The summed E-state index contributed by atoms with van der Waals surface area (Å²) in [6.07, 6.45) is 9.94. The standard InChI is InChI=1S/C26H29N3O.C2H7N/c1-16-13-18(9-11-23(16)27)19-10-12-24-21(14-19)25(29-20-5-3-2-4-6-20)22(15-28-24)26(30)17-7-8-17;1-3-2/h9-15,17,20H,2-8,27H2,1H3,(H,28,29);3H,1-2H3. The largest absolute Gasteiger partial charge is 0.399 e. The molecule has 2 aliphatic rings. The van der Waals surface area contributed by atoms with Gasteiger partial charge >= 0.3 is 0 Å². The number of nitrogen functional groups attached to an aromatic ring is 1. The zero-order valence-corrected chi connectivity index (χ0v) is 20.1. The summed E-state index contributed by atoms with van der Waals surface area (Å²) < 4.78 is 0. The Morgan fingerprint density at radius 1 is 0.970 bits per heavy atom. The monoisotopic (exact) mass is 444 g/mol. The Labute approximate surface area is 197 Å².